The molecule has 10 nitrogen and oxygen atoms in total. The molecule has 0 spiro atoms. The molecule has 1 aliphatic rings. The number of hydrogen-bond donors (Lipinski definition) is 3. The Morgan fingerprint density at radius 2 is 1.95 bits per heavy atom. The number of aromatic nitrogens is 2. The van der Waals surface area contributed by atoms with E-state index in [-0.39, 0.29) is 31.2 Å². The highest BCUT2D eigenvalue weighted by Crippen LogP contribution is 2.42. The lowest BCUT2D eigenvalue weighted by atomic mass is 9.72. The number of benzene rings is 1. The van der Waals surface area contributed by atoms with Crippen LogP contribution in [0, 0.1) is 6.92 Å². The zero-order valence-electron chi connectivity index (χ0n) is 21.9. The number of carbonyl (C=O) groups is 2. The number of aromatic hydroxyl groups is 1. The van der Waals surface area contributed by atoms with E-state index in [1.54, 1.807) is 32.6 Å². The molecule has 1 aromatic carbocycles. The van der Waals surface area contributed by atoms with Crippen LogP contribution in [0.4, 0.5) is 4.79 Å². The Morgan fingerprint density at radius 1 is 1.27 bits per heavy atom. The first-order valence-corrected chi connectivity index (χ1v) is 12.4. The molecule has 198 valence electrons. The Morgan fingerprint density at radius 3 is 2.59 bits per heavy atom. The molecule has 0 radical (unpaired) electrons. The topological polar surface area (TPSA) is 138 Å². The number of nitrogens with zero attached hydrogens (tertiary/aromatic N) is 2. The third kappa shape index (κ3) is 5.79. The standard InChI is InChI=1S/C27H34N4O6/c1-16-14-20(32)22(34)23(36-16)27(10-12-31(13-11-27)25(35)37-26(3,4)5)15-21(33)28-17(2)24-29-18-8-6-7-9-19(18)30-24/h6-9,14,17,34H,10-13,15H2,1-5H3,(H,28,33)(H,29,30). The third-order valence-electron chi connectivity index (χ3n) is 6.59. The summed E-state index contributed by atoms with van der Waals surface area (Å²) in [6, 6.07) is 8.41. The number of ether oxygens (including phenoxy) is 1. The Bertz CT molecular complexity index is 1330. The number of piperidine rings is 1. The van der Waals surface area contributed by atoms with Gasteiger partial charge in [-0.05, 0) is 59.6 Å². The molecule has 2 amide bonds. The molecule has 1 saturated heterocycles. The number of hydrogen-bond acceptors (Lipinski definition) is 7. The van der Waals surface area contributed by atoms with Crippen molar-refractivity contribution in [1.29, 1.82) is 0 Å². The molecular formula is C27H34N4O6. The fourth-order valence-corrected chi connectivity index (χ4v) is 4.74. The molecule has 3 heterocycles. The zero-order chi connectivity index (χ0) is 27.0. The van der Waals surface area contributed by atoms with Crippen LogP contribution in [0.5, 0.6) is 5.75 Å². The SMILES string of the molecule is Cc1cc(=O)c(O)c(C2(CC(=O)NC(C)c3nc4ccccc4[nH]3)CCN(C(=O)OC(C)(C)C)CC2)o1. The van der Waals surface area contributed by atoms with Crippen molar-refractivity contribution in [3.8, 4) is 5.75 Å². The summed E-state index contributed by atoms with van der Waals surface area (Å²) in [5.41, 5.74) is -0.512. The van der Waals surface area contributed by atoms with Crippen LogP contribution < -0.4 is 10.7 Å². The predicted molar refractivity (Wildman–Crippen MR) is 137 cm³/mol. The van der Waals surface area contributed by atoms with Crippen LogP contribution in [-0.2, 0) is 14.9 Å². The molecule has 1 atom stereocenters. The molecular weight excluding hydrogens is 476 g/mol. The van der Waals surface area contributed by atoms with Crippen LogP contribution >= 0.6 is 0 Å². The number of imidazole rings is 1. The number of aryl methyl sites for hydroxylation is 1. The molecule has 1 unspecified atom stereocenters. The monoisotopic (exact) mass is 510 g/mol. The maximum Gasteiger partial charge on any atom is 0.410 e. The minimum atomic E-state index is -0.981. The number of likely N-dealkylation sites (tertiary alicyclic amines) is 1. The Hall–Kier alpha value is -3.82. The van der Waals surface area contributed by atoms with Gasteiger partial charge >= 0.3 is 6.09 Å². The van der Waals surface area contributed by atoms with Gasteiger partial charge in [-0.1, -0.05) is 12.1 Å². The van der Waals surface area contributed by atoms with Gasteiger partial charge in [0.1, 0.15) is 17.2 Å². The summed E-state index contributed by atoms with van der Waals surface area (Å²) in [6.07, 6.45) is 0.121. The number of amides is 2. The number of aromatic amines is 1. The lowest BCUT2D eigenvalue weighted by Crippen LogP contribution is -2.48. The van der Waals surface area contributed by atoms with Gasteiger partial charge < -0.3 is 29.5 Å². The van der Waals surface area contributed by atoms with Crippen LogP contribution in [-0.4, -0.2) is 50.7 Å². The van der Waals surface area contributed by atoms with E-state index < -0.39 is 34.3 Å². The van der Waals surface area contributed by atoms with Crippen molar-refractivity contribution in [3.63, 3.8) is 0 Å². The number of nitrogens with one attached hydrogen (secondary N) is 2. The molecule has 1 fully saturated rings. The van der Waals surface area contributed by atoms with Crippen LogP contribution in [0.15, 0.2) is 39.5 Å². The van der Waals surface area contributed by atoms with Crippen LogP contribution in [0.2, 0.25) is 0 Å². The second kappa shape index (κ2) is 9.91. The fourth-order valence-electron chi connectivity index (χ4n) is 4.74. The second-order valence-corrected chi connectivity index (χ2v) is 10.8. The van der Waals surface area contributed by atoms with Crippen LogP contribution in [0.25, 0.3) is 11.0 Å². The summed E-state index contributed by atoms with van der Waals surface area (Å²) in [7, 11) is 0. The van der Waals surface area contributed by atoms with E-state index in [9.17, 15) is 19.5 Å². The van der Waals surface area contributed by atoms with Gasteiger partial charge in [0.05, 0.1) is 17.1 Å². The number of rotatable bonds is 5. The van der Waals surface area contributed by atoms with Gasteiger partial charge in [-0.15, -0.1) is 0 Å². The summed E-state index contributed by atoms with van der Waals surface area (Å²) in [6.45, 7) is 9.40. The molecule has 3 N–H and O–H groups in total. The normalized spacial score (nSPS) is 16.4. The van der Waals surface area contributed by atoms with Gasteiger partial charge in [-0.2, -0.15) is 0 Å². The first-order chi connectivity index (χ1) is 17.4. The van der Waals surface area contributed by atoms with Gasteiger partial charge in [0.2, 0.25) is 17.1 Å². The van der Waals surface area contributed by atoms with E-state index in [0.717, 1.165) is 11.0 Å². The van der Waals surface area contributed by atoms with Gasteiger partial charge in [0, 0.05) is 31.0 Å². The van der Waals surface area contributed by atoms with Crippen molar-refractivity contribution in [2.75, 3.05) is 13.1 Å². The molecule has 10 heteroatoms. The van der Waals surface area contributed by atoms with Crippen molar-refractivity contribution >= 4 is 23.0 Å². The number of H-pyrrole nitrogens is 1. The van der Waals surface area contributed by atoms with E-state index >= 15 is 0 Å². The molecule has 4 rings (SSSR count). The van der Waals surface area contributed by atoms with E-state index in [2.05, 4.69) is 15.3 Å². The third-order valence-corrected chi connectivity index (χ3v) is 6.59. The molecule has 0 saturated carbocycles. The number of fused-ring (bicyclic) bond motifs is 1. The highest BCUT2D eigenvalue weighted by atomic mass is 16.6. The van der Waals surface area contributed by atoms with Crippen molar-refractivity contribution in [3.05, 3.63) is 57.9 Å². The van der Waals surface area contributed by atoms with E-state index in [0.29, 0.717) is 24.4 Å². The van der Waals surface area contributed by atoms with Crippen LogP contribution in [0.1, 0.15) is 70.3 Å². The van der Waals surface area contributed by atoms with Crippen molar-refractivity contribution in [2.45, 2.75) is 70.9 Å². The minimum absolute atomic E-state index is 0.0420. The van der Waals surface area contributed by atoms with E-state index in [1.807, 2.05) is 31.2 Å². The summed E-state index contributed by atoms with van der Waals surface area (Å²) in [5, 5.41) is 13.6. The summed E-state index contributed by atoms with van der Waals surface area (Å²) < 4.78 is 11.4. The maximum atomic E-state index is 13.3. The average Bonchev–Trinajstić information content (AvgIpc) is 3.25. The average molecular weight is 511 g/mol. The quantitative estimate of drug-likeness (QED) is 0.470. The summed E-state index contributed by atoms with van der Waals surface area (Å²) in [4.78, 5) is 47.7. The van der Waals surface area contributed by atoms with E-state index in [1.165, 1.54) is 6.07 Å². The van der Waals surface area contributed by atoms with Gasteiger partial charge in [-0.25, -0.2) is 9.78 Å². The Kier molecular flexibility index (Phi) is 7.03. The zero-order valence-corrected chi connectivity index (χ0v) is 21.9. The summed E-state index contributed by atoms with van der Waals surface area (Å²) in [5.74, 6) is 0.237. The lowest BCUT2D eigenvalue weighted by Gasteiger charge is -2.41. The lowest BCUT2D eigenvalue weighted by molar-refractivity contribution is -0.123. The van der Waals surface area contributed by atoms with Gasteiger partial charge in [-0.3, -0.25) is 9.59 Å². The minimum Gasteiger partial charge on any atom is -0.502 e. The molecule has 0 bridgehead atoms. The molecule has 2 aromatic heterocycles. The fraction of sp³-hybridized carbons (Fsp3) is 0.481. The first kappa shape index (κ1) is 26.2. The van der Waals surface area contributed by atoms with Crippen molar-refractivity contribution < 1.29 is 23.8 Å². The van der Waals surface area contributed by atoms with Crippen molar-refractivity contribution in [1.82, 2.24) is 20.2 Å². The first-order valence-electron chi connectivity index (χ1n) is 12.4. The number of para-hydroxylation sites is 2. The highest BCUT2D eigenvalue weighted by molar-refractivity contribution is 5.79. The molecule has 37 heavy (non-hydrogen) atoms. The smallest absolute Gasteiger partial charge is 0.410 e. The van der Waals surface area contributed by atoms with Crippen molar-refractivity contribution in [2.24, 2.45) is 0 Å². The second-order valence-electron chi connectivity index (χ2n) is 10.8. The molecule has 0 aliphatic carbocycles. The van der Waals surface area contributed by atoms with E-state index in [4.69, 9.17) is 9.15 Å². The summed E-state index contributed by atoms with van der Waals surface area (Å²) >= 11 is 0. The van der Waals surface area contributed by atoms with Gasteiger partial charge in [0.15, 0.2) is 5.76 Å². The predicted octanol–water partition coefficient (Wildman–Crippen LogP) is 4.07. The van der Waals surface area contributed by atoms with Gasteiger partial charge in [0.25, 0.3) is 0 Å². The number of carbonyl (C=O) groups excluding carboxylic acids is 2. The Balaban J connectivity index is 1.56. The largest absolute Gasteiger partial charge is 0.502 e. The Labute approximate surface area is 215 Å². The molecule has 3 aromatic rings. The maximum absolute atomic E-state index is 13.3. The molecule has 1 aliphatic heterocycles. The highest BCUT2D eigenvalue weighted by Gasteiger charge is 2.44. The van der Waals surface area contributed by atoms with Crippen LogP contribution in [0.3, 0.4) is 0 Å².